The molecule has 9 heteroatoms. The van der Waals surface area contributed by atoms with Crippen LogP contribution < -0.4 is 0 Å². The number of H-pyrrole nitrogens is 1. The molecule has 0 amide bonds. The normalized spacial score (nSPS) is 21.1. The summed E-state index contributed by atoms with van der Waals surface area (Å²) in [5.74, 6) is 1.19. The van der Waals surface area contributed by atoms with E-state index in [1.54, 1.807) is 6.20 Å². The molecule has 2 aromatic heterocycles. The van der Waals surface area contributed by atoms with Crippen LogP contribution in [0.3, 0.4) is 0 Å². The number of hydrogen-bond acceptors (Lipinski definition) is 6. The SMILES string of the molecule is O=C(O)CCCN(Cc1ncc[nH]1)Cc1nccn1CCCN1CCC2(CCN(C3CCCCC3)CC2)C1. The smallest absolute Gasteiger partial charge is 0.303 e. The molecule has 0 aromatic carbocycles. The van der Waals surface area contributed by atoms with Crippen molar-refractivity contribution in [1.29, 1.82) is 0 Å². The molecule has 38 heavy (non-hydrogen) atoms. The molecule has 4 heterocycles. The Bertz CT molecular complexity index is 977. The Kier molecular flexibility index (Phi) is 9.51. The van der Waals surface area contributed by atoms with E-state index in [2.05, 4.69) is 40.4 Å². The molecule has 5 rings (SSSR count). The molecule has 0 unspecified atom stereocenters. The van der Waals surface area contributed by atoms with E-state index in [9.17, 15) is 4.79 Å². The number of aromatic amines is 1. The van der Waals surface area contributed by atoms with Crippen LogP contribution in [0.1, 0.15) is 82.3 Å². The number of carboxylic acids is 1. The second-order valence-corrected chi connectivity index (χ2v) is 12.0. The summed E-state index contributed by atoms with van der Waals surface area (Å²) in [6.45, 7) is 9.34. The molecule has 3 fully saturated rings. The second-order valence-electron chi connectivity index (χ2n) is 12.0. The van der Waals surface area contributed by atoms with Crippen LogP contribution in [-0.2, 0) is 24.4 Å². The maximum Gasteiger partial charge on any atom is 0.303 e. The van der Waals surface area contributed by atoms with Crippen LogP contribution in [0.2, 0.25) is 0 Å². The van der Waals surface area contributed by atoms with Crippen LogP contribution in [-0.4, -0.2) is 90.6 Å². The molecule has 1 saturated carbocycles. The summed E-state index contributed by atoms with van der Waals surface area (Å²) in [5, 5.41) is 9.06. The quantitative estimate of drug-likeness (QED) is 0.409. The zero-order valence-electron chi connectivity index (χ0n) is 23.1. The van der Waals surface area contributed by atoms with Gasteiger partial charge in [-0.2, -0.15) is 0 Å². The van der Waals surface area contributed by atoms with Gasteiger partial charge in [0.1, 0.15) is 11.6 Å². The number of nitrogens with one attached hydrogen (secondary N) is 1. The summed E-state index contributed by atoms with van der Waals surface area (Å²) in [4.78, 5) is 31.0. The summed E-state index contributed by atoms with van der Waals surface area (Å²) in [6.07, 6.45) is 20.8. The highest BCUT2D eigenvalue weighted by atomic mass is 16.4. The number of carboxylic acid groups (broad SMARTS) is 1. The first-order chi connectivity index (χ1) is 18.6. The summed E-state index contributed by atoms with van der Waals surface area (Å²) in [5.41, 5.74) is 0.563. The maximum atomic E-state index is 11.0. The van der Waals surface area contributed by atoms with Gasteiger partial charge < -0.3 is 24.5 Å². The number of aromatic nitrogens is 4. The third-order valence-corrected chi connectivity index (χ3v) is 9.30. The van der Waals surface area contributed by atoms with Gasteiger partial charge in [-0.1, -0.05) is 19.3 Å². The first-order valence-electron chi connectivity index (χ1n) is 15.0. The van der Waals surface area contributed by atoms with Crippen molar-refractivity contribution < 1.29 is 9.90 Å². The molecule has 0 atom stereocenters. The number of aryl methyl sites for hydroxylation is 1. The number of piperidine rings is 1. The zero-order chi connectivity index (χ0) is 26.2. The summed E-state index contributed by atoms with van der Waals surface area (Å²) >= 11 is 0. The fraction of sp³-hybridized carbons (Fsp3) is 0.759. The van der Waals surface area contributed by atoms with E-state index in [1.165, 1.54) is 77.5 Å². The number of carbonyl (C=O) groups is 1. The minimum atomic E-state index is -0.747. The van der Waals surface area contributed by atoms with Gasteiger partial charge in [0.15, 0.2) is 0 Å². The third kappa shape index (κ3) is 7.45. The largest absolute Gasteiger partial charge is 0.481 e. The molecule has 1 aliphatic carbocycles. The van der Waals surface area contributed by atoms with Crippen molar-refractivity contribution in [1.82, 2.24) is 34.2 Å². The average Bonchev–Trinajstić information content (AvgIpc) is 3.68. The highest BCUT2D eigenvalue weighted by Crippen LogP contribution is 2.41. The van der Waals surface area contributed by atoms with Gasteiger partial charge in [0.2, 0.25) is 0 Å². The Morgan fingerprint density at radius 2 is 1.84 bits per heavy atom. The van der Waals surface area contributed by atoms with E-state index in [4.69, 9.17) is 5.11 Å². The Hall–Kier alpha value is -2.23. The second kappa shape index (κ2) is 13.2. The van der Waals surface area contributed by atoms with Crippen molar-refractivity contribution in [2.75, 3.05) is 39.3 Å². The van der Waals surface area contributed by atoms with Crippen LogP contribution >= 0.6 is 0 Å². The highest BCUT2D eigenvalue weighted by Gasteiger charge is 2.41. The van der Waals surface area contributed by atoms with Gasteiger partial charge in [-0.05, 0) is 83.1 Å². The van der Waals surface area contributed by atoms with Gasteiger partial charge in [-0.25, -0.2) is 9.97 Å². The topological polar surface area (TPSA) is 93.5 Å². The average molecular weight is 526 g/mol. The molecular formula is C29H47N7O2. The Morgan fingerprint density at radius 1 is 1.03 bits per heavy atom. The Labute approximate surface area is 227 Å². The number of rotatable bonds is 13. The summed E-state index contributed by atoms with van der Waals surface area (Å²) < 4.78 is 2.28. The van der Waals surface area contributed by atoms with Crippen molar-refractivity contribution >= 4 is 5.97 Å². The molecule has 0 radical (unpaired) electrons. The van der Waals surface area contributed by atoms with Crippen molar-refractivity contribution in [3.8, 4) is 0 Å². The van der Waals surface area contributed by atoms with Gasteiger partial charge in [0.05, 0.1) is 13.1 Å². The summed E-state index contributed by atoms with van der Waals surface area (Å²) in [6, 6.07) is 0.871. The lowest BCUT2D eigenvalue weighted by Gasteiger charge is -2.44. The molecule has 2 saturated heterocycles. The van der Waals surface area contributed by atoms with E-state index >= 15 is 0 Å². The van der Waals surface area contributed by atoms with Gasteiger partial charge in [-0.3, -0.25) is 9.69 Å². The number of nitrogens with zero attached hydrogens (tertiary/aromatic N) is 6. The lowest BCUT2D eigenvalue weighted by Crippen LogP contribution is -2.46. The highest BCUT2D eigenvalue weighted by molar-refractivity contribution is 5.66. The fourth-order valence-electron chi connectivity index (χ4n) is 7.06. The molecular weight excluding hydrogens is 478 g/mol. The van der Waals surface area contributed by atoms with Crippen molar-refractivity contribution in [2.45, 2.75) is 96.3 Å². The lowest BCUT2D eigenvalue weighted by molar-refractivity contribution is -0.137. The fourth-order valence-corrected chi connectivity index (χ4v) is 7.06. The zero-order valence-corrected chi connectivity index (χ0v) is 23.1. The van der Waals surface area contributed by atoms with Crippen molar-refractivity contribution in [2.24, 2.45) is 5.41 Å². The number of aliphatic carboxylic acids is 1. The minimum Gasteiger partial charge on any atom is -0.481 e. The number of hydrogen-bond donors (Lipinski definition) is 2. The minimum absolute atomic E-state index is 0.180. The van der Waals surface area contributed by atoms with E-state index < -0.39 is 5.97 Å². The monoisotopic (exact) mass is 525 g/mol. The molecule has 3 aliphatic rings. The maximum absolute atomic E-state index is 11.0. The van der Waals surface area contributed by atoms with E-state index in [0.717, 1.165) is 37.2 Å². The number of imidazole rings is 2. The molecule has 0 bridgehead atoms. The van der Waals surface area contributed by atoms with Crippen LogP contribution in [0.25, 0.3) is 0 Å². The van der Waals surface area contributed by atoms with Crippen LogP contribution in [0.5, 0.6) is 0 Å². The van der Waals surface area contributed by atoms with Gasteiger partial charge in [0.25, 0.3) is 0 Å². The molecule has 1 spiro atoms. The van der Waals surface area contributed by atoms with Crippen molar-refractivity contribution in [3.05, 3.63) is 36.4 Å². The van der Waals surface area contributed by atoms with Crippen molar-refractivity contribution in [3.63, 3.8) is 0 Å². The molecule has 9 nitrogen and oxygen atoms in total. The standard InChI is InChI=1S/C29H47N7O2/c37-28(38)8-4-15-34(22-26-30-12-13-31-26)23-27-32-14-21-36(27)17-5-16-33-18-9-29(24-33)10-19-35(20-11-29)25-6-2-1-3-7-25/h12-14,21,25H,1-11,15-20,22-24H2,(H,30,31)(H,37,38). The number of likely N-dealkylation sites (tertiary alicyclic amines) is 2. The molecule has 2 N–H and O–H groups in total. The van der Waals surface area contributed by atoms with Crippen LogP contribution in [0.15, 0.2) is 24.8 Å². The predicted octanol–water partition coefficient (Wildman–Crippen LogP) is 3.98. The van der Waals surface area contributed by atoms with Gasteiger partial charge in [-0.15, -0.1) is 0 Å². The Balaban J connectivity index is 1.06. The van der Waals surface area contributed by atoms with Crippen LogP contribution in [0, 0.1) is 5.41 Å². The predicted molar refractivity (Wildman–Crippen MR) is 148 cm³/mol. The lowest BCUT2D eigenvalue weighted by atomic mass is 9.77. The Morgan fingerprint density at radius 3 is 2.61 bits per heavy atom. The van der Waals surface area contributed by atoms with Gasteiger partial charge in [0, 0.05) is 50.3 Å². The van der Waals surface area contributed by atoms with Gasteiger partial charge >= 0.3 is 5.97 Å². The van der Waals surface area contributed by atoms with E-state index in [1.807, 2.05) is 12.4 Å². The summed E-state index contributed by atoms with van der Waals surface area (Å²) in [7, 11) is 0. The van der Waals surface area contributed by atoms with Crippen LogP contribution in [0.4, 0.5) is 0 Å². The first kappa shape index (κ1) is 27.3. The molecule has 2 aromatic rings. The van der Waals surface area contributed by atoms with E-state index in [0.29, 0.717) is 31.5 Å². The molecule has 210 valence electrons. The molecule has 2 aliphatic heterocycles. The third-order valence-electron chi connectivity index (χ3n) is 9.30. The first-order valence-corrected chi connectivity index (χ1v) is 15.0. The van der Waals surface area contributed by atoms with E-state index in [-0.39, 0.29) is 6.42 Å².